The van der Waals surface area contributed by atoms with Crippen LogP contribution in [-0.4, -0.2) is 22.8 Å². The number of rotatable bonds is 2. The summed E-state index contributed by atoms with van der Waals surface area (Å²) in [6.45, 7) is 0. The lowest BCUT2D eigenvalue weighted by molar-refractivity contribution is -0.113. The lowest BCUT2D eigenvalue weighted by Crippen LogP contribution is -2.21. The molecule has 1 N–H and O–H groups in total. The average Bonchev–Trinajstić information content (AvgIpc) is 2.34. The molecule has 0 spiro atoms. The first-order valence-electron chi connectivity index (χ1n) is 5.18. The average molecular weight is 250 g/mol. The third kappa shape index (κ3) is 2.65. The molecule has 0 radical (unpaired) electrons. The van der Waals surface area contributed by atoms with E-state index in [1.54, 1.807) is 36.5 Å². The van der Waals surface area contributed by atoms with Crippen molar-refractivity contribution < 1.29 is 4.79 Å². The van der Waals surface area contributed by atoms with Crippen molar-refractivity contribution in [2.24, 2.45) is 0 Å². The molecule has 17 heavy (non-hydrogen) atoms. The van der Waals surface area contributed by atoms with E-state index in [1.165, 1.54) is 0 Å². The second kappa shape index (κ2) is 5.01. The zero-order valence-corrected chi connectivity index (χ0v) is 10.1. The summed E-state index contributed by atoms with van der Waals surface area (Å²) in [4.78, 5) is 17.6. The van der Waals surface area contributed by atoms with Gasteiger partial charge in [0.25, 0.3) is 5.91 Å². The van der Waals surface area contributed by atoms with Crippen LogP contribution >= 0.6 is 11.6 Å². The van der Waals surface area contributed by atoms with E-state index in [4.69, 9.17) is 11.6 Å². The molecule has 1 amide bonds. The van der Waals surface area contributed by atoms with Crippen LogP contribution in [0.1, 0.15) is 6.42 Å². The molecular weight excluding hydrogens is 238 g/mol. The molecule has 1 aliphatic heterocycles. The molecule has 4 nitrogen and oxygen atoms in total. The van der Waals surface area contributed by atoms with Gasteiger partial charge in [0.2, 0.25) is 0 Å². The van der Waals surface area contributed by atoms with Gasteiger partial charge in [0, 0.05) is 37.7 Å². The number of carbonyl (C=O) groups excluding carboxylic acids is 1. The maximum Gasteiger partial charge on any atom is 0.254 e. The summed E-state index contributed by atoms with van der Waals surface area (Å²) < 4.78 is 0. The van der Waals surface area contributed by atoms with Gasteiger partial charge < -0.3 is 10.2 Å². The molecule has 0 unspecified atom stereocenters. The van der Waals surface area contributed by atoms with E-state index < -0.39 is 0 Å². The number of carbonyl (C=O) groups is 1. The van der Waals surface area contributed by atoms with Crippen molar-refractivity contribution in [1.82, 2.24) is 9.88 Å². The fourth-order valence-corrected chi connectivity index (χ4v) is 1.74. The van der Waals surface area contributed by atoms with Crippen LogP contribution in [0, 0.1) is 0 Å². The molecule has 0 aromatic carbocycles. The Hall–Kier alpha value is -1.81. The number of nitrogens with zero attached hydrogens (tertiary/aromatic N) is 2. The summed E-state index contributed by atoms with van der Waals surface area (Å²) in [6.07, 6.45) is 7.52. The Labute approximate surface area is 105 Å². The molecule has 0 atom stereocenters. The summed E-state index contributed by atoms with van der Waals surface area (Å²) in [5, 5.41) is 3.24. The number of aromatic nitrogens is 1. The highest BCUT2D eigenvalue weighted by molar-refractivity contribution is 6.32. The van der Waals surface area contributed by atoms with Crippen molar-refractivity contribution >= 4 is 23.2 Å². The monoisotopic (exact) mass is 249 g/mol. The molecule has 5 heteroatoms. The minimum absolute atomic E-state index is 0.183. The van der Waals surface area contributed by atoms with Crippen LogP contribution in [-0.2, 0) is 4.79 Å². The zero-order valence-electron chi connectivity index (χ0n) is 9.35. The highest BCUT2D eigenvalue weighted by Gasteiger charge is 2.18. The molecule has 0 fully saturated rings. The number of hydrogen-bond acceptors (Lipinski definition) is 3. The zero-order chi connectivity index (χ0) is 12.3. The Kier molecular flexibility index (Phi) is 3.44. The van der Waals surface area contributed by atoms with Gasteiger partial charge in [0.05, 0.1) is 5.57 Å². The van der Waals surface area contributed by atoms with Crippen LogP contribution in [0.4, 0.5) is 5.69 Å². The molecule has 1 aromatic rings. The van der Waals surface area contributed by atoms with Crippen LogP contribution in [0.2, 0.25) is 0 Å². The number of anilines is 1. The first-order valence-corrected chi connectivity index (χ1v) is 5.56. The summed E-state index contributed by atoms with van der Waals surface area (Å²) in [5.41, 5.74) is 1.27. The van der Waals surface area contributed by atoms with Crippen molar-refractivity contribution in [2.75, 3.05) is 12.4 Å². The summed E-state index contributed by atoms with van der Waals surface area (Å²) >= 11 is 6.08. The smallest absolute Gasteiger partial charge is 0.254 e. The van der Waals surface area contributed by atoms with Crippen LogP contribution in [0.25, 0.3) is 0 Å². The Balaban J connectivity index is 2.14. The van der Waals surface area contributed by atoms with E-state index in [0.29, 0.717) is 22.8 Å². The molecule has 2 heterocycles. The first kappa shape index (κ1) is 11.7. The number of hydrogen-bond donors (Lipinski definition) is 1. The third-order valence-electron chi connectivity index (χ3n) is 2.42. The van der Waals surface area contributed by atoms with Crippen LogP contribution in [0.3, 0.4) is 0 Å². The maximum absolute atomic E-state index is 12.0. The van der Waals surface area contributed by atoms with E-state index in [1.807, 2.05) is 12.3 Å². The number of halogens is 1. The summed E-state index contributed by atoms with van der Waals surface area (Å²) in [6, 6.07) is 3.46. The molecule has 0 saturated heterocycles. The van der Waals surface area contributed by atoms with Gasteiger partial charge in [-0.15, -0.1) is 0 Å². The maximum atomic E-state index is 12.0. The molecule has 0 aliphatic carbocycles. The third-order valence-corrected chi connectivity index (χ3v) is 2.92. The molecule has 1 aliphatic rings. The molecular formula is C12H12ClN3O. The molecule has 2 rings (SSSR count). The number of nitrogens with one attached hydrogen (secondary N) is 1. The van der Waals surface area contributed by atoms with Crippen molar-refractivity contribution in [3.8, 4) is 0 Å². The Morgan fingerprint density at radius 2 is 2.18 bits per heavy atom. The van der Waals surface area contributed by atoms with Gasteiger partial charge in [-0.05, 0) is 12.1 Å². The predicted molar refractivity (Wildman–Crippen MR) is 67.3 cm³/mol. The van der Waals surface area contributed by atoms with Gasteiger partial charge in [-0.2, -0.15) is 0 Å². The number of allylic oxidation sites excluding steroid dienone is 1. The number of pyridine rings is 1. The molecule has 0 saturated carbocycles. The van der Waals surface area contributed by atoms with Gasteiger partial charge in [-0.1, -0.05) is 17.7 Å². The van der Waals surface area contributed by atoms with E-state index >= 15 is 0 Å². The lowest BCUT2D eigenvalue weighted by Gasteiger charge is -2.20. The Bertz CT molecular complexity index is 482. The Morgan fingerprint density at radius 3 is 2.88 bits per heavy atom. The minimum atomic E-state index is -0.183. The van der Waals surface area contributed by atoms with Gasteiger partial charge in [-0.25, -0.2) is 0 Å². The second-order valence-corrected chi connectivity index (χ2v) is 4.02. The molecule has 88 valence electrons. The van der Waals surface area contributed by atoms with Gasteiger partial charge in [0.1, 0.15) is 5.16 Å². The van der Waals surface area contributed by atoms with Crippen molar-refractivity contribution in [1.29, 1.82) is 0 Å². The highest BCUT2D eigenvalue weighted by atomic mass is 35.5. The Morgan fingerprint density at radius 1 is 1.47 bits per heavy atom. The molecule has 0 bridgehead atoms. The van der Waals surface area contributed by atoms with Crippen LogP contribution < -0.4 is 5.32 Å². The second-order valence-electron chi connectivity index (χ2n) is 3.66. The van der Waals surface area contributed by atoms with Gasteiger partial charge in [-0.3, -0.25) is 9.78 Å². The first-order chi connectivity index (χ1) is 8.18. The fourth-order valence-electron chi connectivity index (χ4n) is 1.52. The molecule has 1 aromatic heterocycles. The standard InChI is InChI=1S/C12H12ClN3O/c1-16-8-2-3-10(11(16)13)12(17)15-9-4-6-14-7-5-9/h2,4-8H,3H2,1H3,(H,14,15,17). The van der Waals surface area contributed by atoms with Crippen molar-refractivity contribution in [2.45, 2.75) is 6.42 Å². The van der Waals surface area contributed by atoms with E-state index in [0.717, 1.165) is 0 Å². The number of amides is 1. The van der Waals surface area contributed by atoms with E-state index in [9.17, 15) is 4.79 Å². The fraction of sp³-hybridized carbons (Fsp3) is 0.167. The highest BCUT2D eigenvalue weighted by Crippen LogP contribution is 2.23. The van der Waals surface area contributed by atoms with Crippen molar-refractivity contribution in [3.05, 3.63) is 47.5 Å². The van der Waals surface area contributed by atoms with E-state index in [-0.39, 0.29) is 5.91 Å². The van der Waals surface area contributed by atoms with Crippen LogP contribution in [0.5, 0.6) is 0 Å². The predicted octanol–water partition coefficient (Wildman–Crippen LogP) is 2.32. The van der Waals surface area contributed by atoms with Gasteiger partial charge in [0.15, 0.2) is 0 Å². The topological polar surface area (TPSA) is 45.2 Å². The van der Waals surface area contributed by atoms with E-state index in [2.05, 4.69) is 10.3 Å². The SMILES string of the molecule is CN1C=CCC(C(=O)Nc2ccncc2)=C1Cl. The quantitative estimate of drug-likeness (QED) is 0.819. The van der Waals surface area contributed by atoms with Crippen molar-refractivity contribution in [3.63, 3.8) is 0 Å². The normalized spacial score (nSPS) is 15.1. The largest absolute Gasteiger partial charge is 0.342 e. The lowest BCUT2D eigenvalue weighted by atomic mass is 10.1. The summed E-state index contributed by atoms with van der Waals surface area (Å²) in [5.74, 6) is -0.183. The van der Waals surface area contributed by atoms with Crippen LogP contribution in [0.15, 0.2) is 47.5 Å². The minimum Gasteiger partial charge on any atom is -0.342 e. The summed E-state index contributed by atoms with van der Waals surface area (Å²) in [7, 11) is 1.80. The van der Waals surface area contributed by atoms with Gasteiger partial charge >= 0.3 is 0 Å².